The van der Waals surface area contributed by atoms with E-state index in [0.717, 1.165) is 0 Å². The molecule has 1 aromatic carbocycles. The second-order valence-electron chi connectivity index (χ2n) is 5.67. The van der Waals surface area contributed by atoms with E-state index in [9.17, 15) is 19.8 Å². The van der Waals surface area contributed by atoms with Crippen molar-refractivity contribution in [3.8, 4) is 0 Å². The SMILES string of the molecule is CONC=COCC1=C(C(=O)O)C(c2ccccc2Cl)C(C(=O)O)C(C)=N1. The van der Waals surface area contributed by atoms with Gasteiger partial charge in [-0.05, 0) is 18.6 Å². The van der Waals surface area contributed by atoms with Crippen molar-refractivity contribution in [3.05, 3.63) is 58.6 Å². The molecule has 0 aliphatic carbocycles. The number of halogens is 1. The Hall–Kier alpha value is -2.84. The van der Waals surface area contributed by atoms with Crippen LogP contribution in [0.3, 0.4) is 0 Å². The van der Waals surface area contributed by atoms with Crippen LogP contribution < -0.4 is 5.48 Å². The lowest BCUT2D eigenvalue weighted by Gasteiger charge is -2.30. The standard InChI is InChI=1S/C18H19ClN2O6/c1-10-14(17(22)23)15(11-5-3-4-6-12(11)19)16(18(24)25)13(21-10)9-27-8-7-20-26-2/h3-8,14-15,20H,9H2,1-2H3,(H,22,23)(H,24,25). The average molecular weight is 395 g/mol. The van der Waals surface area contributed by atoms with E-state index in [-0.39, 0.29) is 28.6 Å². The normalized spacial score (nSPS) is 19.7. The number of carboxylic acids is 2. The minimum atomic E-state index is -1.28. The summed E-state index contributed by atoms with van der Waals surface area (Å²) in [5, 5.41) is 19.8. The van der Waals surface area contributed by atoms with Gasteiger partial charge in [-0.1, -0.05) is 29.8 Å². The van der Waals surface area contributed by atoms with Crippen LogP contribution in [-0.2, 0) is 19.2 Å². The molecule has 1 heterocycles. The molecule has 0 aromatic heterocycles. The number of benzene rings is 1. The molecule has 0 spiro atoms. The lowest BCUT2D eigenvalue weighted by Crippen LogP contribution is -2.35. The van der Waals surface area contributed by atoms with E-state index in [0.29, 0.717) is 5.56 Å². The first kappa shape index (κ1) is 20.5. The first-order valence-corrected chi connectivity index (χ1v) is 8.30. The van der Waals surface area contributed by atoms with E-state index in [2.05, 4.69) is 15.3 Å². The number of rotatable bonds is 8. The Morgan fingerprint density at radius 1 is 1.33 bits per heavy atom. The number of hydrogen-bond acceptors (Lipinski definition) is 6. The van der Waals surface area contributed by atoms with Gasteiger partial charge in [-0.15, -0.1) is 0 Å². The first-order chi connectivity index (χ1) is 12.9. The molecule has 8 nitrogen and oxygen atoms in total. The van der Waals surface area contributed by atoms with Gasteiger partial charge in [0, 0.05) is 16.7 Å². The van der Waals surface area contributed by atoms with Crippen LogP contribution >= 0.6 is 11.6 Å². The quantitative estimate of drug-likeness (QED) is 0.458. The highest BCUT2D eigenvalue weighted by atomic mass is 35.5. The summed E-state index contributed by atoms with van der Waals surface area (Å²) < 4.78 is 5.28. The third-order valence-electron chi connectivity index (χ3n) is 4.02. The molecule has 1 aliphatic heterocycles. The highest BCUT2D eigenvalue weighted by molar-refractivity contribution is 6.31. The zero-order valence-corrected chi connectivity index (χ0v) is 15.4. The molecule has 2 rings (SSSR count). The molecule has 0 bridgehead atoms. The zero-order chi connectivity index (χ0) is 20.0. The molecule has 0 saturated carbocycles. The van der Waals surface area contributed by atoms with Crippen LogP contribution in [0.15, 0.2) is 53.0 Å². The van der Waals surface area contributed by atoms with Gasteiger partial charge in [-0.3, -0.25) is 20.1 Å². The Morgan fingerprint density at radius 2 is 2.04 bits per heavy atom. The van der Waals surface area contributed by atoms with Gasteiger partial charge in [-0.2, -0.15) is 0 Å². The van der Waals surface area contributed by atoms with Crippen molar-refractivity contribution in [1.29, 1.82) is 0 Å². The van der Waals surface area contributed by atoms with E-state index in [1.54, 1.807) is 31.2 Å². The van der Waals surface area contributed by atoms with Gasteiger partial charge in [0.05, 0.1) is 24.6 Å². The number of aliphatic imine (C=N–C) groups is 1. The second kappa shape index (κ2) is 9.20. The zero-order valence-electron chi connectivity index (χ0n) is 14.7. The number of hydrogen-bond donors (Lipinski definition) is 3. The molecule has 0 radical (unpaired) electrons. The Bertz CT molecular complexity index is 818. The van der Waals surface area contributed by atoms with E-state index >= 15 is 0 Å². The molecular formula is C18H19ClN2O6. The van der Waals surface area contributed by atoms with Crippen molar-refractivity contribution in [2.45, 2.75) is 12.8 Å². The second-order valence-corrected chi connectivity index (χ2v) is 6.08. The van der Waals surface area contributed by atoms with Crippen LogP contribution in [0.2, 0.25) is 5.02 Å². The highest BCUT2D eigenvalue weighted by Crippen LogP contribution is 2.41. The van der Waals surface area contributed by atoms with Crippen LogP contribution in [-0.4, -0.2) is 41.6 Å². The fraction of sp³-hybridized carbons (Fsp3) is 0.278. The van der Waals surface area contributed by atoms with Gasteiger partial charge in [0.25, 0.3) is 0 Å². The third kappa shape index (κ3) is 4.66. The summed E-state index contributed by atoms with van der Waals surface area (Å²) in [4.78, 5) is 32.7. The van der Waals surface area contributed by atoms with Gasteiger partial charge in [0.15, 0.2) is 0 Å². The number of hydroxylamine groups is 1. The average Bonchev–Trinajstić information content (AvgIpc) is 2.60. The summed E-state index contributed by atoms with van der Waals surface area (Å²) in [6, 6.07) is 6.57. The number of ether oxygens (including phenoxy) is 1. The molecule has 3 N–H and O–H groups in total. The maximum atomic E-state index is 12.0. The predicted molar refractivity (Wildman–Crippen MR) is 98.3 cm³/mol. The van der Waals surface area contributed by atoms with Crippen LogP contribution in [0, 0.1) is 5.92 Å². The maximum absolute atomic E-state index is 12.0. The van der Waals surface area contributed by atoms with Crippen molar-refractivity contribution in [2.75, 3.05) is 13.7 Å². The number of carboxylic acid groups (broad SMARTS) is 2. The van der Waals surface area contributed by atoms with Crippen molar-refractivity contribution < 1.29 is 29.4 Å². The monoisotopic (exact) mass is 394 g/mol. The lowest BCUT2D eigenvalue weighted by atomic mass is 9.75. The maximum Gasteiger partial charge on any atom is 0.334 e. The fourth-order valence-corrected chi connectivity index (χ4v) is 3.20. The van der Waals surface area contributed by atoms with Crippen LogP contribution in [0.4, 0.5) is 0 Å². The Morgan fingerprint density at radius 3 is 2.63 bits per heavy atom. The van der Waals surface area contributed by atoms with Crippen molar-refractivity contribution in [3.63, 3.8) is 0 Å². The Balaban J connectivity index is 2.53. The molecule has 2 unspecified atom stereocenters. The minimum absolute atomic E-state index is 0.129. The number of aliphatic carboxylic acids is 2. The smallest absolute Gasteiger partial charge is 0.334 e. The Labute approximate surface area is 160 Å². The van der Waals surface area contributed by atoms with Gasteiger partial charge < -0.3 is 14.9 Å². The largest absolute Gasteiger partial charge is 0.493 e. The van der Waals surface area contributed by atoms with E-state index in [1.165, 1.54) is 19.6 Å². The molecular weight excluding hydrogens is 376 g/mol. The molecule has 1 aliphatic rings. The number of carbonyl (C=O) groups is 2. The molecule has 144 valence electrons. The van der Waals surface area contributed by atoms with E-state index in [1.807, 2.05) is 0 Å². The third-order valence-corrected chi connectivity index (χ3v) is 4.37. The highest BCUT2D eigenvalue weighted by Gasteiger charge is 2.42. The fourth-order valence-electron chi connectivity index (χ4n) is 2.95. The summed E-state index contributed by atoms with van der Waals surface area (Å²) in [6.45, 7) is 1.39. The summed E-state index contributed by atoms with van der Waals surface area (Å²) in [5.41, 5.74) is 3.08. The van der Waals surface area contributed by atoms with Gasteiger partial charge in [0.1, 0.15) is 18.8 Å². The minimum Gasteiger partial charge on any atom is -0.493 e. The molecule has 1 aromatic rings. The van der Waals surface area contributed by atoms with Gasteiger partial charge >= 0.3 is 11.9 Å². The number of nitrogens with zero attached hydrogens (tertiary/aromatic N) is 1. The summed E-state index contributed by atoms with van der Waals surface area (Å²) in [6.07, 6.45) is 2.64. The molecule has 0 fully saturated rings. The van der Waals surface area contributed by atoms with Crippen LogP contribution in [0.1, 0.15) is 18.4 Å². The lowest BCUT2D eigenvalue weighted by molar-refractivity contribution is -0.140. The molecule has 0 saturated heterocycles. The first-order valence-electron chi connectivity index (χ1n) is 7.92. The summed E-state index contributed by atoms with van der Waals surface area (Å²) >= 11 is 6.24. The molecule has 0 amide bonds. The van der Waals surface area contributed by atoms with Crippen molar-refractivity contribution in [1.82, 2.24) is 5.48 Å². The molecule has 27 heavy (non-hydrogen) atoms. The molecule has 9 heteroatoms. The Kier molecular flexibility index (Phi) is 6.98. The predicted octanol–water partition coefficient (Wildman–Crippen LogP) is 2.58. The summed E-state index contributed by atoms with van der Waals surface area (Å²) in [5.74, 6) is -4.60. The van der Waals surface area contributed by atoms with Gasteiger partial charge in [0.2, 0.25) is 0 Å². The van der Waals surface area contributed by atoms with Crippen LogP contribution in [0.5, 0.6) is 0 Å². The van der Waals surface area contributed by atoms with Crippen molar-refractivity contribution >= 4 is 29.3 Å². The van der Waals surface area contributed by atoms with Gasteiger partial charge in [-0.25, -0.2) is 4.79 Å². The van der Waals surface area contributed by atoms with Crippen LogP contribution in [0.25, 0.3) is 0 Å². The van der Waals surface area contributed by atoms with E-state index in [4.69, 9.17) is 16.3 Å². The summed E-state index contributed by atoms with van der Waals surface area (Å²) in [7, 11) is 1.42. The topological polar surface area (TPSA) is 117 Å². The van der Waals surface area contributed by atoms with Crippen molar-refractivity contribution in [2.24, 2.45) is 10.9 Å². The van der Waals surface area contributed by atoms with E-state index < -0.39 is 23.8 Å². The number of nitrogens with one attached hydrogen (secondary N) is 1. The molecule has 2 atom stereocenters.